The van der Waals surface area contributed by atoms with Crippen LogP contribution in [0, 0.1) is 11.6 Å². The van der Waals surface area contributed by atoms with Crippen LogP contribution in [0.2, 0.25) is 0 Å². The lowest BCUT2D eigenvalue weighted by atomic mass is 9.84. The van der Waals surface area contributed by atoms with Gasteiger partial charge in [0, 0.05) is 5.41 Å². The highest BCUT2D eigenvalue weighted by Gasteiger charge is 2.51. The van der Waals surface area contributed by atoms with Gasteiger partial charge < -0.3 is 0 Å². The maximum Gasteiger partial charge on any atom is 0.159 e. The molecule has 104 valence electrons. The van der Waals surface area contributed by atoms with Crippen molar-refractivity contribution >= 4 is 0 Å². The smallest absolute Gasteiger partial charge is 0.159 e. The molecule has 0 amide bonds. The first-order valence-corrected chi connectivity index (χ1v) is 6.64. The summed E-state index contributed by atoms with van der Waals surface area (Å²) < 4.78 is 26.5. The summed E-state index contributed by atoms with van der Waals surface area (Å²) in [6.45, 7) is 0. The number of halogens is 2. The van der Waals surface area contributed by atoms with Crippen LogP contribution in [0.5, 0.6) is 0 Å². The molecule has 0 bridgehead atoms. The van der Waals surface area contributed by atoms with Crippen molar-refractivity contribution in [3.63, 3.8) is 0 Å². The summed E-state index contributed by atoms with van der Waals surface area (Å²) in [7, 11) is 0. The van der Waals surface area contributed by atoms with Gasteiger partial charge in [0.05, 0.1) is 6.04 Å². The predicted octanol–water partition coefficient (Wildman–Crippen LogP) is 3.20. The van der Waals surface area contributed by atoms with Crippen molar-refractivity contribution in [2.24, 2.45) is 5.84 Å². The van der Waals surface area contributed by atoms with E-state index in [-0.39, 0.29) is 11.5 Å². The zero-order chi connectivity index (χ0) is 14.2. The summed E-state index contributed by atoms with van der Waals surface area (Å²) >= 11 is 0. The molecule has 2 aromatic rings. The Labute approximate surface area is 116 Å². The topological polar surface area (TPSA) is 38.0 Å². The zero-order valence-corrected chi connectivity index (χ0v) is 10.9. The SMILES string of the molecule is NNC(c1ccc(F)c(F)c1)C1(c2ccccc2)CC1. The van der Waals surface area contributed by atoms with E-state index < -0.39 is 11.6 Å². The molecule has 4 heteroatoms. The Morgan fingerprint density at radius 1 is 1.00 bits per heavy atom. The molecule has 1 aliphatic carbocycles. The molecular formula is C16H16F2N2. The summed E-state index contributed by atoms with van der Waals surface area (Å²) in [6, 6.07) is 13.8. The van der Waals surface area contributed by atoms with Crippen LogP contribution in [0.25, 0.3) is 0 Å². The van der Waals surface area contributed by atoms with Crippen LogP contribution in [-0.2, 0) is 5.41 Å². The second-order valence-corrected chi connectivity index (χ2v) is 5.30. The average Bonchev–Trinajstić information content (AvgIpc) is 3.26. The van der Waals surface area contributed by atoms with Crippen LogP contribution in [0.4, 0.5) is 8.78 Å². The molecule has 0 aromatic heterocycles. The zero-order valence-electron chi connectivity index (χ0n) is 10.9. The van der Waals surface area contributed by atoms with Crippen molar-refractivity contribution in [1.29, 1.82) is 0 Å². The monoisotopic (exact) mass is 274 g/mol. The van der Waals surface area contributed by atoms with Gasteiger partial charge in [-0.2, -0.15) is 0 Å². The van der Waals surface area contributed by atoms with Gasteiger partial charge in [-0.15, -0.1) is 0 Å². The van der Waals surface area contributed by atoms with Gasteiger partial charge in [0.2, 0.25) is 0 Å². The minimum atomic E-state index is -0.841. The highest BCUT2D eigenvalue weighted by Crippen LogP contribution is 2.56. The third-order valence-electron chi connectivity index (χ3n) is 4.13. The molecule has 2 aromatic carbocycles. The third kappa shape index (κ3) is 2.11. The standard InChI is InChI=1S/C16H16F2N2/c17-13-7-6-11(10-14(13)18)15(20-19)16(8-9-16)12-4-2-1-3-5-12/h1-7,10,15,20H,8-9,19H2. The molecular weight excluding hydrogens is 258 g/mol. The summed E-state index contributed by atoms with van der Waals surface area (Å²) in [5.74, 6) is 4.01. The minimum absolute atomic E-state index is 0.125. The van der Waals surface area contributed by atoms with Crippen molar-refractivity contribution in [2.45, 2.75) is 24.3 Å². The molecule has 0 aliphatic heterocycles. The highest BCUT2D eigenvalue weighted by atomic mass is 19.2. The van der Waals surface area contributed by atoms with Gasteiger partial charge in [-0.25, -0.2) is 8.78 Å². The molecule has 0 heterocycles. The lowest BCUT2D eigenvalue weighted by molar-refractivity contribution is 0.433. The van der Waals surface area contributed by atoms with Crippen molar-refractivity contribution in [1.82, 2.24) is 5.43 Å². The Kier molecular flexibility index (Phi) is 3.28. The Hall–Kier alpha value is -1.78. The van der Waals surface area contributed by atoms with Crippen molar-refractivity contribution < 1.29 is 8.78 Å². The molecule has 0 spiro atoms. The third-order valence-corrected chi connectivity index (χ3v) is 4.13. The van der Waals surface area contributed by atoms with Gasteiger partial charge in [0.25, 0.3) is 0 Å². The first kappa shape index (κ1) is 13.2. The van der Waals surface area contributed by atoms with Gasteiger partial charge in [-0.05, 0) is 36.1 Å². The lowest BCUT2D eigenvalue weighted by Gasteiger charge is -2.27. The molecule has 1 unspecified atom stereocenters. The van der Waals surface area contributed by atoms with E-state index in [0.717, 1.165) is 18.9 Å². The number of nitrogens with two attached hydrogens (primary N) is 1. The van der Waals surface area contributed by atoms with Crippen molar-refractivity contribution in [2.75, 3.05) is 0 Å². The molecule has 0 radical (unpaired) electrons. The van der Waals surface area contributed by atoms with Gasteiger partial charge >= 0.3 is 0 Å². The van der Waals surface area contributed by atoms with Crippen molar-refractivity contribution in [3.8, 4) is 0 Å². The van der Waals surface area contributed by atoms with Crippen LogP contribution in [0.3, 0.4) is 0 Å². The Balaban J connectivity index is 2.00. The lowest BCUT2D eigenvalue weighted by Crippen LogP contribution is -2.36. The van der Waals surface area contributed by atoms with E-state index in [4.69, 9.17) is 5.84 Å². The summed E-state index contributed by atoms with van der Waals surface area (Å²) in [6.07, 6.45) is 1.95. The van der Waals surface area contributed by atoms with E-state index in [1.54, 1.807) is 6.07 Å². The van der Waals surface area contributed by atoms with Crippen molar-refractivity contribution in [3.05, 3.63) is 71.3 Å². The summed E-state index contributed by atoms with van der Waals surface area (Å²) in [5.41, 5.74) is 4.50. The number of hydrogen-bond acceptors (Lipinski definition) is 2. The number of rotatable bonds is 4. The average molecular weight is 274 g/mol. The second kappa shape index (κ2) is 4.96. The summed E-state index contributed by atoms with van der Waals surface area (Å²) in [5, 5.41) is 0. The number of nitrogens with one attached hydrogen (secondary N) is 1. The second-order valence-electron chi connectivity index (χ2n) is 5.30. The fourth-order valence-corrected chi connectivity index (χ4v) is 2.92. The summed E-state index contributed by atoms with van der Waals surface area (Å²) in [4.78, 5) is 0. The molecule has 1 saturated carbocycles. The van der Waals surface area contributed by atoms with E-state index in [1.807, 2.05) is 18.2 Å². The molecule has 0 saturated heterocycles. The van der Waals surface area contributed by atoms with Crippen LogP contribution in [0.1, 0.15) is 30.0 Å². The molecule has 3 N–H and O–H groups in total. The Bertz CT molecular complexity index is 609. The normalized spacial score (nSPS) is 17.8. The van der Waals surface area contributed by atoms with E-state index in [9.17, 15) is 8.78 Å². The largest absolute Gasteiger partial charge is 0.271 e. The maximum absolute atomic E-state index is 13.4. The first-order chi connectivity index (χ1) is 9.67. The molecule has 1 fully saturated rings. The molecule has 1 aliphatic rings. The van der Waals surface area contributed by atoms with E-state index >= 15 is 0 Å². The van der Waals surface area contributed by atoms with Crippen LogP contribution >= 0.6 is 0 Å². The predicted molar refractivity (Wildman–Crippen MR) is 73.8 cm³/mol. The molecule has 3 rings (SSSR count). The number of hydrogen-bond donors (Lipinski definition) is 2. The van der Waals surface area contributed by atoms with Gasteiger partial charge in [0.1, 0.15) is 0 Å². The van der Waals surface area contributed by atoms with Gasteiger partial charge in [0.15, 0.2) is 11.6 Å². The van der Waals surface area contributed by atoms with Gasteiger partial charge in [-0.1, -0.05) is 36.4 Å². The molecule has 1 atom stereocenters. The first-order valence-electron chi connectivity index (χ1n) is 6.64. The fourth-order valence-electron chi connectivity index (χ4n) is 2.92. The van der Waals surface area contributed by atoms with E-state index in [1.165, 1.54) is 11.6 Å². The highest BCUT2D eigenvalue weighted by molar-refractivity contribution is 5.38. The van der Waals surface area contributed by atoms with Gasteiger partial charge in [-0.3, -0.25) is 11.3 Å². The maximum atomic E-state index is 13.4. The Morgan fingerprint density at radius 3 is 2.25 bits per heavy atom. The Morgan fingerprint density at radius 2 is 1.70 bits per heavy atom. The molecule has 20 heavy (non-hydrogen) atoms. The van der Waals surface area contributed by atoms with Crippen LogP contribution < -0.4 is 11.3 Å². The number of benzene rings is 2. The quantitative estimate of drug-likeness (QED) is 0.663. The van der Waals surface area contributed by atoms with Crippen LogP contribution in [-0.4, -0.2) is 0 Å². The fraction of sp³-hybridized carbons (Fsp3) is 0.250. The minimum Gasteiger partial charge on any atom is -0.271 e. The van der Waals surface area contributed by atoms with E-state index in [2.05, 4.69) is 17.6 Å². The van der Waals surface area contributed by atoms with E-state index in [0.29, 0.717) is 5.56 Å². The molecule has 2 nitrogen and oxygen atoms in total. The number of hydrazine groups is 1. The van der Waals surface area contributed by atoms with Crippen LogP contribution in [0.15, 0.2) is 48.5 Å².